The van der Waals surface area contributed by atoms with Gasteiger partial charge in [0.2, 0.25) is 0 Å². The summed E-state index contributed by atoms with van der Waals surface area (Å²) in [5.41, 5.74) is 2.11. The van der Waals surface area contributed by atoms with Crippen molar-refractivity contribution in [1.29, 1.82) is 0 Å². The van der Waals surface area contributed by atoms with Crippen LogP contribution in [0.1, 0.15) is 43.5 Å². The van der Waals surface area contributed by atoms with Gasteiger partial charge in [-0.2, -0.15) is 0 Å². The predicted molar refractivity (Wildman–Crippen MR) is 103 cm³/mol. The summed E-state index contributed by atoms with van der Waals surface area (Å²) in [6.07, 6.45) is 1.82. The van der Waals surface area contributed by atoms with Crippen molar-refractivity contribution in [3.05, 3.63) is 59.3 Å². The lowest BCUT2D eigenvalue weighted by Gasteiger charge is -2.37. The molecule has 1 aromatic carbocycles. The van der Waals surface area contributed by atoms with Crippen molar-refractivity contribution >= 4 is 17.8 Å². The number of nitrogens with one attached hydrogen (secondary N) is 1. The van der Waals surface area contributed by atoms with Crippen LogP contribution in [-0.2, 0) is 16.0 Å². The Hall–Kier alpha value is -2.89. The Morgan fingerprint density at radius 3 is 2.63 bits per heavy atom. The van der Waals surface area contributed by atoms with E-state index in [0.29, 0.717) is 18.8 Å². The van der Waals surface area contributed by atoms with Crippen molar-refractivity contribution < 1.29 is 14.3 Å². The van der Waals surface area contributed by atoms with E-state index in [9.17, 15) is 9.59 Å². The largest absolute Gasteiger partial charge is 0.444 e. The van der Waals surface area contributed by atoms with Crippen LogP contribution < -0.4 is 5.32 Å². The average molecular weight is 367 g/mol. The molecule has 6 heteroatoms. The first-order valence-electron chi connectivity index (χ1n) is 9.06. The molecule has 2 amide bonds. The van der Waals surface area contributed by atoms with E-state index in [1.807, 2.05) is 64.1 Å². The molecule has 142 valence electrons. The summed E-state index contributed by atoms with van der Waals surface area (Å²) in [6.45, 7) is 7.74. The molecule has 0 bridgehead atoms. The molecule has 0 saturated heterocycles. The smallest absolute Gasteiger partial charge is 0.411 e. The molecule has 0 saturated carbocycles. The summed E-state index contributed by atoms with van der Waals surface area (Å²) in [4.78, 5) is 31.7. The molecule has 2 aromatic rings. The number of aromatic nitrogens is 1. The minimum atomic E-state index is -0.758. The number of fused-ring (bicyclic) bond motifs is 1. The zero-order valence-corrected chi connectivity index (χ0v) is 16.2. The molecule has 0 spiro atoms. The van der Waals surface area contributed by atoms with Crippen LogP contribution in [0, 0.1) is 6.92 Å². The number of hydrogen-bond acceptors (Lipinski definition) is 4. The summed E-state index contributed by atoms with van der Waals surface area (Å²) in [5, 5.41) is 2.87. The van der Waals surface area contributed by atoms with Gasteiger partial charge in [-0.15, -0.1) is 0 Å². The summed E-state index contributed by atoms with van der Waals surface area (Å²) in [7, 11) is 0. The number of pyridine rings is 1. The van der Waals surface area contributed by atoms with Gasteiger partial charge in [-0.05, 0) is 56.9 Å². The Kier molecular flexibility index (Phi) is 5.17. The Balaban J connectivity index is 1.94. The summed E-state index contributed by atoms with van der Waals surface area (Å²) < 4.78 is 5.54. The van der Waals surface area contributed by atoms with Crippen molar-refractivity contribution in [1.82, 2.24) is 9.88 Å². The number of anilines is 1. The molecule has 3 rings (SSSR count). The van der Waals surface area contributed by atoms with E-state index in [-0.39, 0.29) is 5.91 Å². The SMILES string of the molecule is Cc1cccnc1NC(=O)C1c2ccccc2CCN1C(=O)OC(C)(C)C. The molecule has 1 atom stereocenters. The predicted octanol–water partition coefficient (Wildman–Crippen LogP) is 3.86. The van der Waals surface area contributed by atoms with Gasteiger partial charge < -0.3 is 10.1 Å². The normalized spacial score (nSPS) is 16.4. The minimum Gasteiger partial charge on any atom is -0.444 e. The Labute approximate surface area is 159 Å². The van der Waals surface area contributed by atoms with E-state index in [1.165, 1.54) is 4.90 Å². The van der Waals surface area contributed by atoms with Gasteiger partial charge in [0.25, 0.3) is 5.91 Å². The molecule has 2 heterocycles. The maximum Gasteiger partial charge on any atom is 0.411 e. The highest BCUT2D eigenvalue weighted by atomic mass is 16.6. The highest BCUT2D eigenvalue weighted by Gasteiger charge is 2.38. The number of rotatable bonds is 2. The summed E-state index contributed by atoms with van der Waals surface area (Å²) in [6, 6.07) is 10.6. The number of carbonyl (C=O) groups is 2. The fourth-order valence-corrected chi connectivity index (χ4v) is 3.17. The van der Waals surface area contributed by atoms with Gasteiger partial charge in [0.1, 0.15) is 17.5 Å². The number of carbonyl (C=O) groups excluding carboxylic acids is 2. The van der Waals surface area contributed by atoms with Gasteiger partial charge in [0, 0.05) is 12.7 Å². The topological polar surface area (TPSA) is 71.5 Å². The lowest BCUT2D eigenvalue weighted by atomic mass is 9.92. The molecule has 6 nitrogen and oxygen atoms in total. The first-order chi connectivity index (χ1) is 12.8. The number of ether oxygens (including phenoxy) is 1. The van der Waals surface area contributed by atoms with Crippen molar-refractivity contribution in [2.24, 2.45) is 0 Å². The Morgan fingerprint density at radius 1 is 1.19 bits per heavy atom. The zero-order chi connectivity index (χ0) is 19.6. The third-order valence-electron chi connectivity index (χ3n) is 4.41. The molecule has 1 unspecified atom stereocenters. The van der Waals surface area contributed by atoms with Gasteiger partial charge in [0.05, 0.1) is 0 Å². The quantitative estimate of drug-likeness (QED) is 0.875. The first-order valence-corrected chi connectivity index (χ1v) is 9.06. The fraction of sp³-hybridized carbons (Fsp3) is 0.381. The zero-order valence-electron chi connectivity index (χ0n) is 16.2. The maximum atomic E-state index is 13.2. The second-order valence-corrected chi connectivity index (χ2v) is 7.68. The van der Waals surface area contributed by atoms with E-state index in [0.717, 1.165) is 16.7 Å². The van der Waals surface area contributed by atoms with Crippen LogP contribution >= 0.6 is 0 Å². The molecule has 27 heavy (non-hydrogen) atoms. The molecule has 0 aliphatic carbocycles. The average Bonchev–Trinajstić information content (AvgIpc) is 2.61. The van der Waals surface area contributed by atoms with E-state index >= 15 is 0 Å². The van der Waals surface area contributed by atoms with E-state index in [4.69, 9.17) is 4.74 Å². The standard InChI is InChI=1S/C21H25N3O3/c1-14-8-7-12-22-18(14)23-19(25)17-16-10-6-5-9-15(16)11-13-24(17)20(26)27-21(2,3)4/h5-10,12,17H,11,13H2,1-4H3,(H,22,23,25). The number of amides is 2. The molecule has 1 N–H and O–H groups in total. The lowest BCUT2D eigenvalue weighted by Crippen LogP contribution is -2.47. The van der Waals surface area contributed by atoms with E-state index in [2.05, 4.69) is 10.3 Å². The summed E-state index contributed by atoms with van der Waals surface area (Å²) >= 11 is 0. The van der Waals surface area contributed by atoms with Crippen LogP contribution in [0.4, 0.5) is 10.6 Å². The minimum absolute atomic E-state index is 0.296. The molecule has 1 aliphatic rings. The molecular formula is C21H25N3O3. The van der Waals surface area contributed by atoms with Gasteiger partial charge in [-0.25, -0.2) is 9.78 Å². The lowest BCUT2D eigenvalue weighted by molar-refractivity contribution is -0.122. The monoisotopic (exact) mass is 367 g/mol. The number of aryl methyl sites for hydroxylation is 1. The maximum absolute atomic E-state index is 13.2. The van der Waals surface area contributed by atoms with Crippen LogP contribution in [0.2, 0.25) is 0 Å². The summed E-state index contributed by atoms with van der Waals surface area (Å²) in [5.74, 6) is 0.199. The highest BCUT2D eigenvalue weighted by Crippen LogP contribution is 2.32. The van der Waals surface area contributed by atoms with Gasteiger partial charge in [-0.3, -0.25) is 9.69 Å². The van der Waals surface area contributed by atoms with E-state index in [1.54, 1.807) is 6.20 Å². The van der Waals surface area contributed by atoms with Crippen molar-refractivity contribution in [2.45, 2.75) is 45.8 Å². The molecule has 0 radical (unpaired) electrons. The fourth-order valence-electron chi connectivity index (χ4n) is 3.17. The van der Waals surface area contributed by atoms with E-state index < -0.39 is 17.7 Å². The first kappa shape index (κ1) is 18.9. The van der Waals surface area contributed by atoms with Crippen LogP contribution in [0.5, 0.6) is 0 Å². The molecule has 0 fully saturated rings. The van der Waals surface area contributed by atoms with Gasteiger partial charge in [-0.1, -0.05) is 30.3 Å². The van der Waals surface area contributed by atoms with Crippen LogP contribution in [0.25, 0.3) is 0 Å². The molecular weight excluding hydrogens is 342 g/mol. The second-order valence-electron chi connectivity index (χ2n) is 7.68. The van der Waals surface area contributed by atoms with Crippen molar-refractivity contribution in [2.75, 3.05) is 11.9 Å². The third-order valence-corrected chi connectivity index (χ3v) is 4.41. The number of benzene rings is 1. The van der Waals surface area contributed by atoms with Crippen LogP contribution in [-0.4, -0.2) is 34.0 Å². The molecule has 1 aliphatic heterocycles. The third kappa shape index (κ3) is 4.27. The number of nitrogens with zero attached hydrogens (tertiary/aromatic N) is 2. The number of hydrogen-bond donors (Lipinski definition) is 1. The Morgan fingerprint density at radius 2 is 1.93 bits per heavy atom. The second kappa shape index (κ2) is 7.39. The van der Waals surface area contributed by atoms with Crippen molar-refractivity contribution in [3.8, 4) is 0 Å². The van der Waals surface area contributed by atoms with Crippen LogP contribution in [0.15, 0.2) is 42.6 Å². The highest BCUT2D eigenvalue weighted by molar-refractivity contribution is 5.97. The van der Waals surface area contributed by atoms with Gasteiger partial charge in [0.15, 0.2) is 0 Å². The Bertz CT molecular complexity index is 858. The molecule has 1 aromatic heterocycles. The van der Waals surface area contributed by atoms with Gasteiger partial charge >= 0.3 is 6.09 Å². The van der Waals surface area contributed by atoms with Crippen molar-refractivity contribution in [3.63, 3.8) is 0 Å². The van der Waals surface area contributed by atoms with Crippen LogP contribution in [0.3, 0.4) is 0 Å².